The Bertz CT molecular complexity index is 721. The molecule has 2 aromatic carbocycles. The molecule has 5 heteroatoms. The fourth-order valence-corrected chi connectivity index (χ4v) is 2.20. The molecule has 0 aromatic heterocycles. The molecule has 5 nitrogen and oxygen atoms in total. The number of hydrogen-bond acceptors (Lipinski definition) is 4. The molecule has 0 radical (unpaired) electrons. The van der Waals surface area contributed by atoms with E-state index in [9.17, 15) is 10.1 Å². The number of benzene rings is 2. The number of nitro benzene ring substituents is 1. The van der Waals surface area contributed by atoms with Crippen LogP contribution in [0.2, 0.25) is 0 Å². The van der Waals surface area contributed by atoms with Gasteiger partial charge in [0.2, 0.25) is 0 Å². The second-order valence-corrected chi connectivity index (χ2v) is 5.23. The summed E-state index contributed by atoms with van der Waals surface area (Å²) in [5.41, 5.74) is 4.08. The van der Waals surface area contributed by atoms with E-state index in [4.69, 9.17) is 9.84 Å². The molecule has 0 bridgehead atoms. The number of aliphatic hydroxyl groups excluding tert-OH is 1. The molecule has 120 valence electrons. The van der Waals surface area contributed by atoms with E-state index < -0.39 is 4.92 Å². The second kappa shape index (κ2) is 7.56. The first kappa shape index (κ1) is 16.7. The first-order valence-electron chi connectivity index (χ1n) is 7.28. The lowest BCUT2D eigenvalue weighted by Gasteiger charge is -2.11. The van der Waals surface area contributed by atoms with E-state index in [2.05, 4.69) is 0 Å². The number of nitrogens with zero attached hydrogens (tertiary/aromatic N) is 1. The zero-order valence-electron chi connectivity index (χ0n) is 13.2. The zero-order valence-corrected chi connectivity index (χ0v) is 13.2. The van der Waals surface area contributed by atoms with Crippen molar-refractivity contribution >= 4 is 17.8 Å². The molecule has 0 atom stereocenters. The minimum absolute atomic E-state index is 0.0136. The van der Waals surface area contributed by atoms with Crippen LogP contribution in [0, 0.1) is 24.0 Å². The lowest BCUT2D eigenvalue weighted by molar-refractivity contribution is -0.384. The molecule has 0 unspecified atom stereocenters. The molecule has 0 heterocycles. The van der Waals surface area contributed by atoms with Crippen LogP contribution in [-0.4, -0.2) is 23.2 Å². The van der Waals surface area contributed by atoms with Gasteiger partial charge < -0.3 is 9.84 Å². The van der Waals surface area contributed by atoms with Gasteiger partial charge in [0.1, 0.15) is 12.4 Å². The molecule has 2 rings (SSSR count). The van der Waals surface area contributed by atoms with E-state index in [0.717, 1.165) is 28.0 Å². The third kappa shape index (κ3) is 4.40. The van der Waals surface area contributed by atoms with Crippen LogP contribution >= 0.6 is 0 Å². The summed E-state index contributed by atoms with van der Waals surface area (Å²) in [6.07, 6.45) is 3.89. The SMILES string of the molecule is Cc1cc(OCCO)c(C)cc1/C=C/c1ccc([N+](=O)[O-])cc1. The Morgan fingerprint density at radius 1 is 1.13 bits per heavy atom. The third-order valence-corrected chi connectivity index (χ3v) is 3.47. The van der Waals surface area contributed by atoms with Crippen LogP contribution in [0.15, 0.2) is 36.4 Å². The maximum absolute atomic E-state index is 10.6. The van der Waals surface area contributed by atoms with Crippen molar-refractivity contribution in [1.29, 1.82) is 0 Å². The van der Waals surface area contributed by atoms with E-state index >= 15 is 0 Å². The summed E-state index contributed by atoms with van der Waals surface area (Å²) in [7, 11) is 0. The minimum Gasteiger partial charge on any atom is -0.491 e. The third-order valence-electron chi connectivity index (χ3n) is 3.47. The lowest BCUT2D eigenvalue weighted by Crippen LogP contribution is -2.03. The van der Waals surface area contributed by atoms with Crippen LogP contribution in [0.1, 0.15) is 22.3 Å². The number of hydrogen-bond donors (Lipinski definition) is 1. The molecule has 0 amide bonds. The van der Waals surface area contributed by atoms with Crippen LogP contribution in [0.4, 0.5) is 5.69 Å². The summed E-state index contributed by atoms with van der Waals surface area (Å²) in [6, 6.07) is 10.4. The average Bonchev–Trinajstić information content (AvgIpc) is 2.54. The summed E-state index contributed by atoms with van der Waals surface area (Å²) >= 11 is 0. The summed E-state index contributed by atoms with van der Waals surface area (Å²) < 4.78 is 5.48. The zero-order chi connectivity index (χ0) is 16.8. The normalized spacial score (nSPS) is 10.9. The first-order chi connectivity index (χ1) is 11.0. The molecule has 0 saturated carbocycles. The predicted molar refractivity (Wildman–Crippen MR) is 90.5 cm³/mol. The summed E-state index contributed by atoms with van der Waals surface area (Å²) in [4.78, 5) is 10.2. The number of rotatable bonds is 6. The largest absolute Gasteiger partial charge is 0.491 e. The maximum atomic E-state index is 10.6. The van der Waals surface area contributed by atoms with Crippen LogP contribution in [0.3, 0.4) is 0 Å². The van der Waals surface area contributed by atoms with Gasteiger partial charge in [0.05, 0.1) is 11.5 Å². The van der Waals surface area contributed by atoms with Gasteiger partial charge in [-0.1, -0.05) is 12.2 Å². The highest BCUT2D eigenvalue weighted by molar-refractivity contribution is 5.72. The Kier molecular flexibility index (Phi) is 5.49. The molecule has 0 fully saturated rings. The second-order valence-electron chi connectivity index (χ2n) is 5.23. The van der Waals surface area contributed by atoms with Crippen molar-refractivity contribution < 1.29 is 14.8 Å². The van der Waals surface area contributed by atoms with Crippen LogP contribution in [0.25, 0.3) is 12.2 Å². The Morgan fingerprint density at radius 3 is 2.43 bits per heavy atom. The molecule has 1 N–H and O–H groups in total. The van der Waals surface area contributed by atoms with Gasteiger partial charge in [0, 0.05) is 12.1 Å². The van der Waals surface area contributed by atoms with Crippen molar-refractivity contribution in [3.8, 4) is 5.75 Å². The lowest BCUT2D eigenvalue weighted by atomic mass is 10.0. The van der Waals surface area contributed by atoms with Gasteiger partial charge in [-0.3, -0.25) is 10.1 Å². The first-order valence-corrected chi connectivity index (χ1v) is 7.28. The number of nitro groups is 1. The number of non-ortho nitro benzene ring substituents is 1. The Morgan fingerprint density at radius 2 is 1.83 bits per heavy atom. The van der Waals surface area contributed by atoms with Crippen molar-refractivity contribution in [2.45, 2.75) is 13.8 Å². The van der Waals surface area contributed by atoms with Gasteiger partial charge in [0.25, 0.3) is 5.69 Å². The highest BCUT2D eigenvalue weighted by Crippen LogP contribution is 2.24. The fourth-order valence-electron chi connectivity index (χ4n) is 2.20. The molecular weight excluding hydrogens is 294 g/mol. The molecular formula is C18H19NO4. The van der Waals surface area contributed by atoms with Crippen LogP contribution in [-0.2, 0) is 0 Å². The predicted octanol–water partition coefficient (Wildman–Crippen LogP) is 3.75. The van der Waals surface area contributed by atoms with E-state index in [1.807, 2.05) is 38.1 Å². The van der Waals surface area contributed by atoms with E-state index in [1.54, 1.807) is 12.1 Å². The number of ether oxygens (including phenoxy) is 1. The van der Waals surface area contributed by atoms with Crippen LogP contribution in [0.5, 0.6) is 5.75 Å². The summed E-state index contributed by atoms with van der Waals surface area (Å²) in [5, 5.41) is 19.5. The monoisotopic (exact) mass is 313 g/mol. The van der Waals surface area contributed by atoms with Crippen LogP contribution < -0.4 is 4.74 Å². The van der Waals surface area contributed by atoms with Crippen molar-refractivity contribution in [2.24, 2.45) is 0 Å². The minimum atomic E-state index is -0.411. The topological polar surface area (TPSA) is 72.6 Å². The van der Waals surface area contributed by atoms with Crippen molar-refractivity contribution in [3.05, 3.63) is 68.8 Å². The van der Waals surface area contributed by atoms with Gasteiger partial charge in [-0.15, -0.1) is 0 Å². The molecule has 0 aliphatic rings. The van der Waals surface area contributed by atoms with Gasteiger partial charge in [-0.25, -0.2) is 0 Å². The average molecular weight is 313 g/mol. The molecule has 23 heavy (non-hydrogen) atoms. The molecule has 0 aliphatic heterocycles. The van der Waals surface area contributed by atoms with Crippen molar-refractivity contribution in [2.75, 3.05) is 13.2 Å². The summed E-state index contributed by atoms with van der Waals surface area (Å²) in [5.74, 6) is 0.768. The standard InChI is InChI=1S/C18H19NO4/c1-13-12-18(23-10-9-20)14(2)11-16(13)6-3-15-4-7-17(8-5-15)19(21)22/h3-8,11-12,20H,9-10H2,1-2H3/b6-3+. The van der Waals surface area contributed by atoms with Gasteiger partial charge >= 0.3 is 0 Å². The molecule has 0 spiro atoms. The van der Waals surface area contributed by atoms with E-state index in [-0.39, 0.29) is 18.9 Å². The quantitative estimate of drug-likeness (QED) is 0.501. The number of aryl methyl sites for hydroxylation is 2. The van der Waals surface area contributed by atoms with Crippen molar-refractivity contribution in [3.63, 3.8) is 0 Å². The highest BCUT2D eigenvalue weighted by Gasteiger charge is 2.05. The molecule has 2 aromatic rings. The number of aliphatic hydroxyl groups is 1. The van der Waals surface area contributed by atoms with Crippen molar-refractivity contribution in [1.82, 2.24) is 0 Å². The molecule has 0 saturated heterocycles. The Hall–Kier alpha value is -2.66. The Labute approximate surface area is 135 Å². The van der Waals surface area contributed by atoms with E-state index in [1.165, 1.54) is 12.1 Å². The highest BCUT2D eigenvalue weighted by atomic mass is 16.6. The Balaban J connectivity index is 2.18. The summed E-state index contributed by atoms with van der Waals surface area (Å²) in [6.45, 7) is 4.20. The maximum Gasteiger partial charge on any atom is 0.269 e. The van der Waals surface area contributed by atoms with E-state index in [0.29, 0.717) is 0 Å². The fraction of sp³-hybridized carbons (Fsp3) is 0.222. The van der Waals surface area contributed by atoms with Gasteiger partial charge in [0.15, 0.2) is 0 Å². The van der Waals surface area contributed by atoms with Gasteiger partial charge in [-0.05, 0) is 60.4 Å². The molecule has 0 aliphatic carbocycles. The smallest absolute Gasteiger partial charge is 0.269 e. The van der Waals surface area contributed by atoms with Gasteiger partial charge in [-0.2, -0.15) is 0 Å².